The van der Waals surface area contributed by atoms with E-state index in [9.17, 15) is 15.0 Å². The molecule has 0 saturated carbocycles. The van der Waals surface area contributed by atoms with Crippen molar-refractivity contribution in [3.63, 3.8) is 0 Å². The smallest absolute Gasteiger partial charge is 0.870 e. The Morgan fingerprint density at radius 2 is 1.71 bits per heavy atom. The first kappa shape index (κ1) is 18.1. The molecule has 0 unspecified atom stereocenters. The summed E-state index contributed by atoms with van der Waals surface area (Å²) in [5, 5.41) is 30.9. The summed E-state index contributed by atoms with van der Waals surface area (Å²) in [7, 11) is 0. The van der Waals surface area contributed by atoms with E-state index in [0.717, 1.165) is 5.56 Å². The van der Waals surface area contributed by atoms with Crippen LogP contribution in [0.1, 0.15) is 15.9 Å². The predicted octanol–water partition coefficient (Wildman–Crippen LogP) is 1.34. The van der Waals surface area contributed by atoms with Crippen molar-refractivity contribution in [3.8, 4) is 5.75 Å². The number of carboxylic acids is 1. The summed E-state index contributed by atoms with van der Waals surface area (Å²) >= 11 is 0. The number of nitrogens with zero attached hydrogens (tertiary/aromatic N) is 2. The van der Waals surface area contributed by atoms with E-state index in [2.05, 4.69) is 10.2 Å². The van der Waals surface area contributed by atoms with Crippen molar-refractivity contribution >= 4 is 28.1 Å². The van der Waals surface area contributed by atoms with E-state index >= 15 is 0 Å². The summed E-state index contributed by atoms with van der Waals surface area (Å²) in [6, 6.07) is 15.7. The third kappa shape index (κ3) is 3.64. The average molecular weight is 328 g/mol. The number of fused-ring (bicyclic) bond motifs is 1. The topological polar surface area (TPSA) is 85.1 Å². The van der Waals surface area contributed by atoms with Gasteiger partial charge in [0.15, 0.2) is 0 Å². The first-order chi connectivity index (χ1) is 11.1. The van der Waals surface area contributed by atoms with Crippen molar-refractivity contribution in [2.75, 3.05) is 0 Å². The molecule has 1 N–H and O–H groups in total. The predicted molar refractivity (Wildman–Crippen MR) is 85.7 cm³/mol. The van der Waals surface area contributed by atoms with E-state index in [1.165, 1.54) is 6.07 Å². The van der Waals surface area contributed by atoms with E-state index < -0.39 is 11.7 Å². The van der Waals surface area contributed by atoms with Crippen LogP contribution in [0.3, 0.4) is 0 Å². The Kier molecular flexibility index (Phi) is 5.72. The number of aryl methyl sites for hydroxylation is 1. The molecule has 24 heavy (non-hydrogen) atoms. The normalized spacial score (nSPS) is 10.7. The van der Waals surface area contributed by atoms with Crippen molar-refractivity contribution in [3.05, 3.63) is 65.7 Å². The van der Waals surface area contributed by atoms with Crippen molar-refractivity contribution in [2.24, 2.45) is 10.2 Å². The molecule has 0 heterocycles. The molecule has 0 spiro atoms. The molecule has 0 amide bonds. The SMILES string of the molecule is Cc1ccc(N=Nc2c([O-])c(C(=O)O)cc3ccccc23)cc1.[Na+]. The molecular formula is C18H13N2NaO3. The molecule has 3 rings (SSSR count). The summed E-state index contributed by atoms with van der Waals surface area (Å²) in [4.78, 5) is 11.3. The Balaban J connectivity index is 0.00000208. The molecule has 3 aromatic rings. The second-order valence-corrected chi connectivity index (χ2v) is 5.16. The average Bonchev–Trinajstić information content (AvgIpc) is 2.55. The fourth-order valence-corrected chi connectivity index (χ4v) is 2.29. The Hall–Kier alpha value is -2.21. The van der Waals surface area contributed by atoms with Gasteiger partial charge in [0.25, 0.3) is 0 Å². The van der Waals surface area contributed by atoms with Gasteiger partial charge in [0, 0.05) is 5.39 Å². The molecule has 0 aliphatic carbocycles. The zero-order valence-corrected chi connectivity index (χ0v) is 15.4. The molecule has 3 aromatic carbocycles. The van der Waals surface area contributed by atoms with Crippen LogP contribution < -0.4 is 34.7 Å². The number of benzene rings is 3. The van der Waals surface area contributed by atoms with Gasteiger partial charge in [-0.3, -0.25) is 0 Å². The first-order valence-electron chi connectivity index (χ1n) is 7.01. The van der Waals surface area contributed by atoms with Crippen LogP contribution in [0.15, 0.2) is 64.8 Å². The quantitative estimate of drug-likeness (QED) is 0.581. The van der Waals surface area contributed by atoms with Gasteiger partial charge in [-0.2, -0.15) is 10.2 Å². The molecular weight excluding hydrogens is 315 g/mol. The Labute approximate surface area is 161 Å². The van der Waals surface area contributed by atoms with Crippen LogP contribution in [-0.2, 0) is 0 Å². The summed E-state index contributed by atoms with van der Waals surface area (Å²) < 4.78 is 0. The molecule has 114 valence electrons. The fourth-order valence-electron chi connectivity index (χ4n) is 2.29. The number of hydrogen-bond acceptors (Lipinski definition) is 4. The van der Waals surface area contributed by atoms with Gasteiger partial charge in [-0.15, -0.1) is 0 Å². The molecule has 0 aromatic heterocycles. The maximum absolute atomic E-state index is 12.4. The number of carboxylic acid groups (broad SMARTS) is 1. The van der Waals surface area contributed by atoms with Crippen LogP contribution in [0.5, 0.6) is 5.75 Å². The van der Waals surface area contributed by atoms with E-state index in [1.54, 1.807) is 36.4 Å². The van der Waals surface area contributed by atoms with Gasteiger partial charge in [0.05, 0.1) is 16.9 Å². The van der Waals surface area contributed by atoms with E-state index in [0.29, 0.717) is 16.5 Å². The van der Waals surface area contributed by atoms with E-state index in [1.807, 2.05) is 19.1 Å². The molecule has 0 radical (unpaired) electrons. The van der Waals surface area contributed by atoms with Gasteiger partial charge in [0.1, 0.15) is 0 Å². The molecule has 5 nitrogen and oxygen atoms in total. The van der Waals surface area contributed by atoms with Gasteiger partial charge >= 0.3 is 35.5 Å². The molecule has 0 fully saturated rings. The van der Waals surface area contributed by atoms with Crippen LogP contribution in [0, 0.1) is 6.92 Å². The monoisotopic (exact) mass is 328 g/mol. The molecule has 0 aliphatic rings. The second-order valence-electron chi connectivity index (χ2n) is 5.16. The minimum Gasteiger partial charge on any atom is -0.870 e. The second kappa shape index (κ2) is 7.57. The summed E-state index contributed by atoms with van der Waals surface area (Å²) in [5.74, 6) is -1.90. The van der Waals surface area contributed by atoms with Gasteiger partial charge in [-0.05, 0) is 30.5 Å². The zero-order valence-electron chi connectivity index (χ0n) is 13.4. The maximum Gasteiger partial charge on any atom is 1.00 e. The van der Waals surface area contributed by atoms with Gasteiger partial charge < -0.3 is 10.2 Å². The largest absolute Gasteiger partial charge is 1.00 e. The molecule has 0 atom stereocenters. The number of hydrogen-bond donors (Lipinski definition) is 1. The third-order valence-electron chi connectivity index (χ3n) is 3.51. The molecule has 0 saturated heterocycles. The minimum atomic E-state index is -1.27. The zero-order chi connectivity index (χ0) is 16.4. The van der Waals surface area contributed by atoms with E-state index in [4.69, 9.17) is 0 Å². The van der Waals surface area contributed by atoms with Crippen LogP contribution >= 0.6 is 0 Å². The van der Waals surface area contributed by atoms with Crippen LogP contribution in [0.4, 0.5) is 11.4 Å². The molecule has 0 aliphatic heterocycles. The third-order valence-corrected chi connectivity index (χ3v) is 3.51. The molecule has 0 bridgehead atoms. The first-order valence-corrected chi connectivity index (χ1v) is 7.01. The van der Waals surface area contributed by atoms with Gasteiger partial charge in [0.2, 0.25) is 0 Å². The number of aromatic carboxylic acids is 1. The minimum absolute atomic E-state index is 0. The Morgan fingerprint density at radius 1 is 1.04 bits per heavy atom. The summed E-state index contributed by atoms with van der Waals surface area (Å²) in [6.07, 6.45) is 0. The Morgan fingerprint density at radius 3 is 2.38 bits per heavy atom. The summed E-state index contributed by atoms with van der Waals surface area (Å²) in [6.45, 7) is 1.96. The van der Waals surface area contributed by atoms with Crippen molar-refractivity contribution in [1.29, 1.82) is 0 Å². The van der Waals surface area contributed by atoms with Gasteiger partial charge in [-0.1, -0.05) is 47.7 Å². The number of rotatable bonds is 3. The van der Waals surface area contributed by atoms with Crippen molar-refractivity contribution < 1.29 is 44.6 Å². The van der Waals surface area contributed by atoms with Crippen LogP contribution in [0.25, 0.3) is 10.8 Å². The molecule has 6 heteroatoms. The fraction of sp³-hybridized carbons (Fsp3) is 0.0556. The summed E-state index contributed by atoms with van der Waals surface area (Å²) in [5.41, 5.74) is 1.43. The van der Waals surface area contributed by atoms with Gasteiger partial charge in [-0.25, -0.2) is 4.79 Å². The Bertz CT molecular complexity index is 921. The number of azo groups is 1. The standard InChI is InChI=1S/C18H14N2O3.Na/c1-11-6-8-13(9-7-11)19-20-16-14-5-3-2-4-12(14)10-15(17(16)21)18(22)23;/h2-10,21H,1H3,(H,22,23);/q;+1/p-1. The maximum atomic E-state index is 12.4. The van der Waals surface area contributed by atoms with Crippen molar-refractivity contribution in [2.45, 2.75) is 6.92 Å². The van der Waals surface area contributed by atoms with Crippen LogP contribution in [0.2, 0.25) is 0 Å². The van der Waals surface area contributed by atoms with E-state index in [-0.39, 0.29) is 40.8 Å². The van der Waals surface area contributed by atoms with Crippen LogP contribution in [-0.4, -0.2) is 11.1 Å². The van der Waals surface area contributed by atoms with Crippen molar-refractivity contribution in [1.82, 2.24) is 0 Å². The number of carbonyl (C=O) groups is 1.